The number of benzene rings is 1. The summed E-state index contributed by atoms with van der Waals surface area (Å²) in [5.41, 5.74) is 0.548. The zero-order chi connectivity index (χ0) is 13.7. The summed E-state index contributed by atoms with van der Waals surface area (Å²) in [7, 11) is 1.56. The summed E-state index contributed by atoms with van der Waals surface area (Å²) in [5, 5.41) is 16.1. The molecule has 0 unspecified atom stereocenters. The van der Waals surface area contributed by atoms with Crippen LogP contribution in [0.2, 0.25) is 0 Å². The van der Waals surface area contributed by atoms with Crippen LogP contribution in [0.3, 0.4) is 0 Å². The molecule has 1 aromatic heterocycles. The van der Waals surface area contributed by atoms with Gasteiger partial charge in [-0.3, -0.25) is 4.79 Å². The molecule has 0 amide bonds. The van der Waals surface area contributed by atoms with E-state index in [1.807, 2.05) is 12.1 Å². The molecule has 0 atom stereocenters. The normalized spacial score (nSPS) is 10.2. The van der Waals surface area contributed by atoms with Crippen molar-refractivity contribution in [1.29, 1.82) is 0 Å². The maximum atomic E-state index is 10.5. The lowest BCUT2D eigenvalue weighted by Crippen LogP contribution is -2.08. The second-order valence-electron chi connectivity index (χ2n) is 3.74. The number of ether oxygens (including phenoxy) is 2. The zero-order valence-corrected chi connectivity index (χ0v) is 10.3. The van der Waals surface area contributed by atoms with Gasteiger partial charge in [0, 0.05) is 0 Å². The van der Waals surface area contributed by atoms with Gasteiger partial charge in [0.15, 0.2) is 11.5 Å². The minimum atomic E-state index is -0.970. The van der Waals surface area contributed by atoms with Crippen LogP contribution in [0.25, 0.3) is 0 Å². The number of aromatic nitrogens is 3. The van der Waals surface area contributed by atoms with E-state index < -0.39 is 5.97 Å². The molecule has 0 bridgehead atoms. The Morgan fingerprint density at radius 2 is 2.11 bits per heavy atom. The highest BCUT2D eigenvalue weighted by Crippen LogP contribution is 2.26. The Labute approximate surface area is 109 Å². The molecule has 2 rings (SSSR count). The van der Waals surface area contributed by atoms with Gasteiger partial charge in [-0.25, -0.2) is 4.68 Å². The molecule has 100 valence electrons. The van der Waals surface area contributed by atoms with Gasteiger partial charge in [0.1, 0.15) is 18.8 Å². The quantitative estimate of drug-likeness (QED) is 0.835. The smallest absolute Gasteiger partial charge is 0.325 e. The number of carboxylic acid groups (broad SMARTS) is 1. The van der Waals surface area contributed by atoms with Crippen molar-refractivity contribution in [1.82, 2.24) is 15.0 Å². The number of hydrogen-bond acceptors (Lipinski definition) is 5. The van der Waals surface area contributed by atoms with Gasteiger partial charge in [-0.15, -0.1) is 5.10 Å². The number of rotatable bonds is 6. The van der Waals surface area contributed by atoms with Gasteiger partial charge < -0.3 is 14.6 Å². The van der Waals surface area contributed by atoms with Crippen molar-refractivity contribution < 1.29 is 19.4 Å². The van der Waals surface area contributed by atoms with E-state index in [1.54, 1.807) is 19.2 Å². The van der Waals surface area contributed by atoms with E-state index in [2.05, 4.69) is 10.3 Å². The minimum Gasteiger partial charge on any atom is -0.493 e. The van der Waals surface area contributed by atoms with E-state index >= 15 is 0 Å². The van der Waals surface area contributed by atoms with Crippen LogP contribution in [-0.2, 0) is 17.9 Å². The van der Waals surface area contributed by atoms with E-state index in [0.29, 0.717) is 17.2 Å². The molecule has 0 saturated carbocycles. The fourth-order valence-electron chi connectivity index (χ4n) is 1.51. The summed E-state index contributed by atoms with van der Waals surface area (Å²) in [6, 6.07) is 7.24. The summed E-state index contributed by atoms with van der Waals surface area (Å²) < 4.78 is 11.9. The fourth-order valence-corrected chi connectivity index (χ4v) is 1.51. The average Bonchev–Trinajstić information content (AvgIpc) is 2.83. The Morgan fingerprint density at radius 1 is 1.37 bits per heavy atom. The van der Waals surface area contributed by atoms with Crippen LogP contribution in [0.5, 0.6) is 11.5 Å². The average molecular weight is 263 g/mol. The maximum absolute atomic E-state index is 10.5. The Bertz CT molecular complexity index is 568. The molecule has 0 saturated heterocycles. The third-order valence-electron chi connectivity index (χ3n) is 2.33. The molecule has 7 heteroatoms. The fraction of sp³-hybridized carbons (Fsp3) is 0.250. The van der Waals surface area contributed by atoms with Gasteiger partial charge in [0.2, 0.25) is 0 Å². The van der Waals surface area contributed by atoms with E-state index in [-0.39, 0.29) is 13.2 Å². The molecule has 1 N–H and O–H groups in total. The molecule has 19 heavy (non-hydrogen) atoms. The summed E-state index contributed by atoms with van der Waals surface area (Å²) in [6.45, 7) is -0.0261. The topological polar surface area (TPSA) is 86.5 Å². The third kappa shape index (κ3) is 3.44. The highest BCUT2D eigenvalue weighted by molar-refractivity contribution is 5.66. The lowest BCUT2D eigenvalue weighted by molar-refractivity contribution is -0.137. The standard InChI is InChI=1S/C12H13N3O4/c1-18-10-4-2-3-5-11(10)19-8-9-6-15(14-13-9)7-12(16)17/h2-6H,7-8H2,1H3,(H,16,17). The summed E-state index contributed by atoms with van der Waals surface area (Å²) in [6.07, 6.45) is 1.53. The molecule has 0 aliphatic heterocycles. The number of hydrogen-bond donors (Lipinski definition) is 1. The van der Waals surface area contributed by atoms with E-state index in [1.165, 1.54) is 10.9 Å². The molecular formula is C12H13N3O4. The largest absolute Gasteiger partial charge is 0.493 e. The molecule has 1 heterocycles. The highest BCUT2D eigenvalue weighted by atomic mass is 16.5. The van der Waals surface area contributed by atoms with E-state index in [4.69, 9.17) is 14.6 Å². The van der Waals surface area contributed by atoms with Gasteiger partial charge in [0.25, 0.3) is 0 Å². The summed E-state index contributed by atoms with van der Waals surface area (Å²) >= 11 is 0. The number of nitrogens with zero attached hydrogens (tertiary/aromatic N) is 3. The van der Waals surface area contributed by atoms with Gasteiger partial charge in [0.05, 0.1) is 13.3 Å². The van der Waals surface area contributed by atoms with E-state index in [9.17, 15) is 4.79 Å². The molecule has 7 nitrogen and oxygen atoms in total. The minimum absolute atomic E-state index is 0.194. The molecule has 0 radical (unpaired) electrons. The predicted octanol–water partition coefficient (Wildman–Crippen LogP) is 0.950. The van der Waals surface area contributed by atoms with Crippen LogP contribution in [0.15, 0.2) is 30.5 Å². The lowest BCUT2D eigenvalue weighted by Gasteiger charge is -2.08. The van der Waals surface area contributed by atoms with Crippen LogP contribution in [0, 0.1) is 0 Å². The first-order valence-electron chi connectivity index (χ1n) is 5.55. The number of carbonyl (C=O) groups is 1. The number of para-hydroxylation sites is 2. The van der Waals surface area contributed by atoms with Crippen molar-refractivity contribution in [2.75, 3.05) is 7.11 Å². The Hall–Kier alpha value is -2.57. The van der Waals surface area contributed by atoms with Gasteiger partial charge in [-0.05, 0) is 12.1 Å². The summed E-state index contributed by atoms with van der Waals surface area (Å²) in [4.78, 5) is 10.5. The second-order valence-corrected chi connectivity index (χ2v) is 3.74. The first-order chi connectivity index (χ1) is 9.19. The zero-order valence-electron chi connectivity index (χ0n) is 10.3. The molecule has 0 aliphatic rings. The van der Waals surface area contributed by atoms with Gasteiger partial charge >= 0.3 is 5.97 Å². The monoisotopic (exact) mass is 263 g/mol. The Morgan fingerprint density at radius 3 is 2.79 bits per heavy atom. The van der Waals surface area contributed by atoms with Crippen molar-refractivity contribution in [3.8, 4) is 11.5 Å². The second kappa shape index (κ2) is 5.85. The molecule has 0 spiro atoms. The predicted molar refractivity (Wildman–Crippen MR) is 65.0 cm³/mol. The maximum Gasteiger partial charge on any atom is 0.325 e. The molecule has 0 aliphatic carbocycles. The van der Waals surface area contributed by atoms with Crippen LogP contribution in [0.1, 0.15) is 5.69 Å². The Balaban J connectivity index is 1.98. The van der Waals surface area contributed by atoms with Crippen LogP contribution < -0.4 is 9.47 Å². The first kappa shape index (κ1) is 12.9. The van der Waals surface area contributed by atoms with Crippen LogP contribution in [0.4, 0.5) is 0 Å². The first-order valence-corrected chi connectivity index (χ1v) is 5.55. The third-order valence-corrected chi connectivity index (χ3v) is 2.33. The van der Waals surface area contributed by atoms with Crippen molar-refractivity contribution in [2.24, 2.45) is 0 Å². The van der Waals surface area contributed by atoms with E-state index in [0.717, 1.165) is 0 Å². The number of carboxylic acids is 1. The summed E-state index contributed by atoms with van der Waals surface area (Å²) in [5.74, 6) is 0.250. The van der Waals surface area contributed by atoms with Gasteiger partial charge in [-0.1, -0.05) is 17.3 Å². The molecule has 0 fully saturated rings. The van der Waals surface area contributed by atoms with Crippen LogP contribution >= 0.6 is 0 Å². The van der Waals surface area contributed by atoms with Crippen molar-refractivity contribution >= 4 is 5.97 Å². The molecule has 1 aromatic carbocycles. The van der Waals surface area contributed by atoms with Gasteiger partial charge in [-0.2, -0.15) is 0 Å². The number of aliphatic carboxylic acids is 1. The van der Waals surface area contributed by atoms with Crippen LogP contribution in [-0.4, -0.2) is 33.2 Å². The highest BCUT2D eigenvalue weighted by Gasteiger charge is 2.07. The molecular weight excluding hydrogens is 250 g/mol. The lowest BCUT2D eigenvalue weighted by atomic mass is 10.3. The van der Waals surface area contributed by atoms with Crippen molar-refractivity contribution in [3.05, 3.63) is 36.2 Å². The van der Waals surface area contributed by atoms with Crippen molar-refractivity contribution in [3.63, 3.8) is 0 Å². The number of methoxy groups -OCH3 is 1. The molecule has 2 aromatic rings. The SMILES string of the molecule is COc1ccccc1OCc1cn(CC(=O)O)nn1. The van der Waals surface area contributed by atoms with Crippen molar-refractivity contribution in [2.45, 2.75) is 13.2 Å². The Kier molecular flexibility index (Phi) is 3.97.